The van der Waals surface area contributed by atoms with Gasteiger partial charge in [0.1, 0.15) is 0 Å². The van der Waals surface area contributed by atoms with Crippen molar-refractivity contribution in [2.45, 2.75) is 12.5 Å². The molecule has 0 saturated carbocycles. The molecule has 0 aromatic heterocycles. The van der Waals surface area contributed by atoms with Crippen LogP contribution in [0, 0.1) is 0 Å². The number of nitrogens with zero attached hydrogens (tertiary/aromatic N) is 2. The van der Waals surface area contributed by atoms with Crippen molar-refractivity contribution in [1.82, 2.24) is 15.1 Å². The third kappa shape index (κ3) is 3.69. The van der Waals surface area contributed by atoms with Gasteiger partial charge < -0.3 is 5.32 Å². The molecule has 1 aromatic carbocycles. The lowest BCUT2D eigenvalue weighted by molar-refractivity contribution is 0.173. The van der Waals surface area contributed by atoms with E-state index in [1.807, 2.05) is 0 Å². The molecule has 3 heteroatoms. The maximum absolute atomic E-state index is 3.44. The molecule has 2 aliphatic heterocycles. The minimum atomic E-state index is 0.780. The Morgan fingerprint density at radius 1 is 1.10 bits per heavy atom. The predicted molar refractivity (Wildman–Crippen MR) is 84.8 cm³/mol. The van der Waals surface area contributed by atoms with Crippen LogP contribution in [0.3, 0.4) is 0 Å². The zero-order valence-electron chi connectivity index (χ0n) is 12.2. The molecular weight excluding hydrogens is 246 g/mol. The van der Waals surface area contributed by atoms with Crippen LogP contribution < -0.4 is 5.32 Å². The average molecular weight is 271 g/mol. The summed E-state index contributed by atoms with van der Waals surface area (Å²) in [6.45, 7) is 8.32. The fraction of sp³-hybridized carbons (Fsp3) is 0.529. The van der Waals surface area contributed by atoms with Crippen molar-refractivity contribution in [2.24, 2.45) is 0 Å². The first kappa shape index (κ1) is 13.8. The molecule has 2 heterocycles. The highest BCUT2D eigenvalue weighted by Crippen LogP contribution is 2.16. The van der Waals surface area contributed by atoms with Gasteiger partial charge in [0.2, 0.25) is 0 Å². The highest BCUT2D eigenvalue weighted by molar-refractivity contribution is 5.48. The Labute approximate surface area is 122 Å². The molecule has 0 bridgehead atoms. The zero-order chi connectivity index (χ0) is 13.6. The molecule has 1 N–H and O–H groups in total. The van der Waals surface area contributed by atoms with E-state index in [1.165, 1.54) is 38.2 Å². The lowest BCUT2D eigenvalue weighted by Gasteiger charge is -2.32. The van der Waals surface area contributed by atoms with Crippen molar-refractivity contribution in [3.8, 4) is 0 Å². The third-order valence-electron chi connectivity index (χ3n) is 4.39. The number of hydrogen-bond donors (Lipinski definition) is 1. The smallest absolute Gasteiger partial charge is 0.0236 e. The second kappa shape index (κ2) is 7.02. The van der Waals surface area contributed by atoms with Crippen molar-refractivity contribution >= 4 is 6.08 Å². The Balaban J connectivity index is 1.44. The van der Waals surface area contributed by atoms with Crippen LogP contribution in [0.2, 0.25) is 0 Å². The molecule has 0 spiro atoms. The molecule has 1 unspecified atom stereocenters. The second-order valence-electron chi connectivity index (χ2n) is 5.80. The van der Waals surface area contributed by atoms with Crippen molar-refractivity contribution in [2.75, 3.05) is 45.8 Å². The maximum atomic E-state index is 3.44. The number of likely N-dealkylation sites (tertiary alicyclic amines) is 1. The first-order valence-electron chi connectivity index (χ1n) is 7.80. The Morgan fingerprint density at radius 3 is 2.70 bits per heavy atom. The van der Waals surface area contributed by atoms with Crippen LogP contribution in [-0.2, 0) is 0 Å². The number of piperazine rings is 1. The van der Waals surface area contributed by atoms with Crippen molar-refractivity contribution in [3.05, 3.63) is 42.0 Å². The largest absolute Gasteiger partial charge is 0.314 e. The summed E-state index contributed by atoms with van der Waals surface area (Å²) in [5, 5.41) is 3.44. The summed E-state index contributed by atoms with van der Waals surface area (Å²) in [5.41, 5.74) is 1.30. The zero-order valence-corrected chi connectivity index (χ0v) is 12.2. The van der Waals surface area contributed by atoms with Gasteiger partial charge in [0.15, 0.2) is 0 Å². The molecule has 0 amide bonds. The van der Waals surface area contributed by atoms with Crippen molar-refractivity contribution in [1.29, 1.82) is 0 Å². The molecule has 3 rings (SSSR count). The van der Waals surface area contributed by atoms with E-state index in [0.717, 1.165) is 25.7 Å². The fourth-order valence-electron chi connectivity index (χ4n) is 3.23. The van der Waals surface area contributed by atoms with E-state index >= 15 is 0 Å². The molecule has 0 radical (unpaired) electrons. The van der Waals surface area contributed by atoms with E-state index in [4.69, 9.17) is 0 Å². The molecule has 1 atom stereocenters. The van der Waals surface area contributed by atoms with Crippen LogP contribution >= 0.6 is 0 Å². The van der Waals surface area contributed by atoms with E-state index in [-0.39, 0.29) is 0 Å². The lowest BCUT2D eigenvalue weighted by Crippen LogP contribution is -2.49. The van der Waals surface area contributed by atoms with E-state index in [0.29, 0.717) is 0 Å². The van der Waals surface area contributed by atoms with Crippen LogP contribution in [-0.4, -0.2) is 61.7 Å². The SMILES string of the molecule is C(=C\c1ccccc1)/CN1CCC(N2CCNCC2)C1. The molecule has 2 aliphatic rings. The van der Waals surface area contributed by atoms with Gasteiger partial charge in [-0.1, -0.05) is 42.5 Å². The van der Waals surface area contributed by atoms with Crippen LogP contribution in [0.15, 0.2) is 36.4 Å². The normalized spacial score (nSPS) is 25.5. The van der Waals surface area contributed by atoms with Crippen molar-refractivity contribution < 1.29 is 0 Å². The first-order valence-corrected chi connectivity index (χ1v) is 7.80. The van der Waals surface area contributed by atoms with Crippen molar-refractivity contribution in [3.63, 3.8) is 0 Å². The Kier molecular flexibility index (Phi) is 4.85. The summed E-state index contributed by atoms with van der Waals surface area (Å²) in [7, 11) is 0. The van der Waals surface area contributed by atoms with Gasteiger partial charge in [-0.3, -0.25) is 9.80 Å². The quantitative estimate of drug-likeness (QED) is 0.899. The second-order valence-corrected chi connectivity index (χ2v) is 5.80. The van der Waals surface area contributed by atoms with Crippen LogP contribution in [0.4, 0.5) is 0 Å². The molecule has 3 nitrogen and oxygen atoms in total. The molecule has 1 aromatic rings. The van der Waals surface area contributed by atoms with Crippen LogP contribution in [0.25, 0.3) is 6.08 Å². The Bertz CT molecular complexity index is 423. The number of rotatable bonds is 4. The average Bonchev–Trinajstić information content (AvgIpc) is 2.98. The minimum Gasteiger partial charge on any atom is -0.314 e. The predicted octanol–water partition coefficient (Wildman–Crippen LogP) is 1.68. The standard InChI is InChI=1S/C17H25N3/c1-2-5-16(6-3-1)7-4-11-19-12-8-17(15-19)20-13-9-18-10-14-20/h1-7,17-18H,8-15H2/b7-4+. The Morgan fingerprint density at radius 2 is 1.90 bits per heavy atom. The highest BCUT2D eigenvalue weighted by atomic mass is 15.3. The lowest BCUT2D eigenvalue weighted by atomic mass is 10.2. The summed E-state index contributed by atoms with van der Waals surface area (Å²) in [4.78, 5) is 5.24. The topological polar surface area (TPSA) is 18.5 Å². The third-order valence-corrected chi connectivity index (χ3v) is 4.39. The summed E-state index contributed by atoms with van der Waals surface area (Å²) < 4.78 is 0. The number of benzene rings is 1. The first-order chi connectivity index (χ1) is 9.92. The van der Waals surface area contributed by atoms with E-state index in [1.54, 1.807) is 0 Å². The van der Waals surface area contributed by atoms with Gasteiger partial charge in [-0.25, -0.2) is 0 Å². The fourth-order valence-corrected chi connectivity index (χ4v) is 3.23. The summed E-state index contributed by atoms with van der Waals surface area (Å²) in [5.74, 6) is 0. The maximum Gasteiger partial charge on any atom is 0.0236 e. The van der Waals surface area contributed by atoms with Gasteiger partial charge in [-0.15, -0.1) is 0 Å². The summed E-state index contributed by atoms with van der Waals surface area (Å²) >= 11 is 0. The van der Waals surface area contributed by atoms with Gasteiger partial charge in [0, 0.05) is 51.9 Å². The van der Waals surface area contributed by atoms with Gasteiger partial charge >= 0.3 is 0 Å². The summed E-state index contributed by atoms with van der Waals surface area (Å²) in [6, 6.07) is 11.3. The van der Waals surface area contributed by atoms with E-state index < -0.39 is 0 Å². The number of nitrogens with one attached hydrogen (secondary N) is 1. The molecule has 2 fully saturated rings. The van der Waals surface area contributed by atoms with Gasteiger partial charge in [0.25, 0.3) is 0 Å². The van der Waals surface area contributed by atoms with Gasteiger partial charge in [-0.2, -0.15) is 0 Å². The van der Waals surface area contributed by atoms with E-state index in [9.17, 15) is 0 Å². The van der Waals surface area contributed by atoms with Gasteiger partial charge in [-0.05, 0) is 12.0 Å². The molecule has 2 saturated heterocycles. The molecule has 108 valence electrons. The summed E-state index contributed by atoms with van der Waals surface area (Å²) in [6.07, 6.45) is 5.87. The molecule has 20 heavy (non-hydrogen) atoms. The highest BCUT2D eigenvalue weighted by Gasteiger charge is 2.27. The Hall–Kier alpha value is -1.16. The monoisotopic (exact) mass is 271 g/mol. The van der Waals surface area contributed by atoms with Crippen LogP contribution in [0.5, 0.6) is 0 Å². The van der Waals surface area contributed by atoms with E-state index in [2.05, 4.69) is 57.6 Å². The van der Waals surface area contributed by atoms with Gasteiger partial charge in [0.05, 0.1) is 0 Å². The molecular formula is C17H25N3. The minimum absolute atomic E-state index is 0.780. The molecule has 0 aliphatic carbocycles. The van der Waals surface area contributed by atoms with Crippen LogP contribution in [0.1, 0.15) is 12.0 Å². The number of hydrogen-bond acceptors (Lipinski definition) is 3.